The van der Waals surface area contributed by atoms with Crippen LogP contribution in [0.3, 0.4) is 0 Å². The Morgan fingerprint density at radius 3 is 2.73 bits per heavy atom. The number of amides is 1. The van der Waals surface area contributed by atoms with Crippen molar-refractivity contribution in [3.63, 3.8) is 0 Å². The standard InChI is InChI=1S/C18H27NO3/c1-12-8-14-10-16(22-15(14)9-13(12)2)17(21)19-7-5-6-18(3,4)11-20/h8-9,16,20H,5-7,10-11H2,1-4H3,(H,19,21). The van der Waals surface area contributed by atoms with E-state index in [0.29, 0.717) is 13.0 Å². The van der Waals surface area contributed by atoms with Crippen LogP contribution in [-0.2, 0) is 11.2 Å². The van der Waals surface area contributed by atoms with Crippen molar-refractivity contribution in [3.8, 4) is 5.75 Å². The van der Waals surface area contributed by atoms with E-state index in [-0.39, 0.29) is 17.9 Å². The lowest BCUT2D eigenvalue weighted by molar-refractivity contribution is -0.127. The highest BCUT2D eigenvalue weighted by Crippen LogP contribution is 2.31. The van der Waals surface area contributed by atoms with Crippen molar-refractivity contribution in [2.45, 2.75) is 53.1 Å². The molecule has 122 valence electrons. The summed E-state index contributed by atoms with van der Waals surface area (Å²) < 4.78 is 5.77. The molecule has 1 aliphatic heterocycles. The highest BCUT2D eigenvalue weighted by atomic mass is 16.5. The lowest BCUT2D eigenvalue weighted by Crippen LogP contribution is -2.38. The zero-order valence-electron chi connectivity index (χ0n) is 14.0. The fourth-order valence-electron chi connectivity index (χ4n) is 2.63. The predicted octanol–water partition coefficient (Wildman–Crippen LogP) is 2.52. The van der Waals surface area contributed by atoms with E-state index in [2.05, 4.69) is 25.2 Å². The molecule has 1 atom stereocenters. The van der Waals surface area contributed by atoms with Crippen LogP contribution in [-0.4, -0.2) is 30.3 Å². The first-order chi connectivity index (χ1) is 10.3. The fraction of sp³-hybridized carbons (Fsp3) is 0.611. The molecule has 2 rings (SSSR count). The van der Waals surface area contributed by atoms with Crippen LogP contribution in [0.5, 0.6) is 5.75 Å². The van der Waals surface area contributed by atoms with E-state index in [1.807, 2.05) is 19.9 Å². The van der Waals surface area contributed by atoms with Crippen LogP contribution >= 0.6 is 0 Å². The lowest BCUT2D eigenvalue weighted by Gasteiger charge is -2.21. The Morgan fingerprint density at radius 2 is 2.05 bits per heavy atom. The van der Waals surface area contributed by atoms with Gasteiger partial charge < -0.3 is 15.2 Å². The van der Waals surface area contributed by atoms with Crippen LogP contribution in [0.2, 0.25) is 0 Å². The topological polar surface area (TPSA) is 58.6 Å². The van der Waals surface area contributed by atoms with Gasteiger partial charge in [0.1, 0.15) is 5.75 Å². The Bertz CT molecular complexity index is 521. The molecule has 0 aromatic heterocycles. The number of nitrogens with one attached hydrogen (secondary N) is 1. The van der Waals surface area contributed by atoms with Crippen molar-refractivity contribution in [2.24, 2.45) is 5.41 Å². The maximum atomic E-state index is 12.2. The molecule has 0 saturated carbocycles. The number of carbonyl (C=O) groups is 1. The second kappa shape index (κ2) is 6.69. The summed E-state index contributed by atoms with van der Waals surface area (Å²) in [5, 5.41) is 12.2. The van der Waals surface area contributed by atoms with Crippen LogP contribution in [0.1, 0.15) is 43.4 Å². The maximum absolute atomic E-state index is 12.2. The molecule has 1 heterocycles. The summed E-state index contributed by atoms with van der Waals surface area (Å²) in [6.45, 7) is 8.96. The molecule has 4 heteroatoms. The number of carbonyl (C=O) groups excluding carboxylic acids is 1. The summed E-state index contributed by atoms with van der Waals surface area (Å²) in [6.07, 6.45) is 1.97. The molecule has 0 radical (unpaired) electrons. The molecule has 0 fully saturated rings. The van der Waals surface area contributed by atoms with Crippen LogP contribution in [0.25, 0.3) is 0 Å². The van der Waals surface area contributed by atoms with E-state index < -0.39 is 6.10 Å². The summed E-state index contributed by atoms with van der Waals surface area (Å²) in [4.78, 5) is 12.2. The molecular weight excluding hydrogens is 278 g/mol. The van der Waals surface area contributed by atoms with Gasteiger partial charge in [-0.2, -0.15) is 0 Å². The minimum absolute atomic E-state index is 0.0479. The number of benzene rings is 1. The zero-order chi connectivity index (χ0) is 16.3. The third-order valence-corrected chi connectivity index (χ3v) is 4.40. The Kier molecular flexibility index (Phi) is 5.12. The smallest absolute Gasteiger partial charge is 0.261 e. The second-order valence-electron chi connectivity index (χ2n) is 7.07. The quantitative estimate of drug-likeness (QED) is 0.794. The van der Waals surface area contributed by atoms with Gasteiger partial charge in [-0.15, -0.1) is 0 Å². The van der Waals surface area contributed by atoms with E-state index in [1.165, 1.54) is 11.1 Å². The van der Waals surface area contributed by atoms with Crippen LogP contribution < -0.4 is 10.1 Å². The van der Waals surface area contributed by atoms with Crippen molar-refractivity contribution in [3.05, 3.63) is 28.8 Å². The molecule has 0 spiro atoms. The van der Waals surface area contributed by atoms with Crippen molar-refractivity contribution in [2.75, 3.05) is 13.2 Å². The predicted molar refractivity (Wildman–Crippen MR) is 87.1 cm³/mol. The number of aliphatic hydroxyl groups is 1. The molecule has 1 aliphatic rings. The number of aryl methyl sites for hydroxylation is 2. The minimum atomic E-state index is -0.415. The van der Waals surface area contributed by atoms with Crippen LogP contribution in [0, 0.1) is 19.3 Å². The van der Waals surface area contributed by atoms with Gasteiger partial charge in [0, 0.05) is 19.6 Å². The number of aliphatic hydroxyl groups excluding tert-OH is 1. The zero-order valence-corrected chi connectivity index (χ0v) is 14.0. The summed E-state index contributed by atoms with van der Waals surface area (Å²) in [5.74, 6) is 0.790. The molecule has 1 amide bonds. The Morgan fingerprint density at radius 1 is 1.36 bits per heavy atom. The molecular formula is C18H27NO3. The third-order valence-electron chi connectivity index (χ3n) is 4.40. The molecule has 1 unspecified atom stereocenters. The molecule has 1 aromatic carbocycles. The molecule has 22 heavy (non-hydrogen) atoms. The summed E-state index contributed by atoms with van der Waals surface area (Å²) in [7, 11) is 0. The summed E-state index contributed by atoms with van der Waals surface area (Å²) in [5.41, 5.74) is 3.45. The number of fused-ring (bicyclic) bond motifs is 1. The molecule has 0 bridgehead atoms. The van der Waals surface area contributed by atoms with Crippen molar-refractivity contribution in [1.29, 1.82) is 0 Å². The molecule has 4 nitrogen and oxygen atoms in total. The Labute approximate surface area is 132 Å². The first-order valence-electron chi connectivity index (χ1n) is 7.98. The SMILES string of the molecule is Cc1cc2c(cc1C)OC(C(=O)NCCCC(C)(C)CO)C2. The highest BCUT2D eigenvalue weighted by molar-refractivity contribution is 5.82. The largest absolute Gasteiger partial charge is 0.480 e. The fourth-order valence-corrected chi connectivity index (χ4v) is 2.63. The number of hydrogen-bond donors (Lipinski definition) is 2. The van der Waals surface area contributed by atoms with Crippen molar-refractivity contribution >= 4 is 5.91 Å². The maximum Gasteiger partial charge on any atom is 0.261 e. The van der Waals surface area contributed by atoms with Crippen molar-refractivity contribution < 1.29 is 14.6 Å². The normalized spacial score (nSPS) is 17.0. The Balaban J connectivity index is 1.81. The molecule has 1 aromatic rings. The monoisotopic (exact) mass is 305 g/mol. The van der Waals surface area contributed by atoms with Gasteiger partial charge in [0.05, 0.1) is 0 Å². The van der Waals surface area contributed by atoms with E-state index in [9.17, 15) is 9.90 Å². The van der Waals surface area contributed by atoms with Gasteiger partial charge in [-0.25, -0.2) is 0 Å². The average molecular weight is 305 g/mol. The van der Waals surface area contributed by atoms with Gasteiger partial charge in [0.15, 0.2) is 6.10 Å². The highest BCUT2D eigenvalue weighted by Gasteiger charge is 2.29. The molecule has 0 aliphatic carbocycles. The minimum Gasteiger partial charge on any atom is -0.480 e. The van der Waals surface area contributed by atoms with Gasteiger partial charge in [-0.05, 0) is 54.9 Å². The lowest BCUT2D eigenvalue weighted by atomic mass is 9.89. The molecule has 0 saturated heterocycles. The van der Waals surface area contributed by atoms with E-state index in [0.717, 1.165) is 24.2 Å². The average Bonchev–Trinajstić information content (AvgIpc) is 2.87. The van der Waals surface area contributed by atoms with Gasteiger partial charge in [-0.3, -0.25) is 4.79 Å². The van der Waals surface area contributed by atoms with E-state index >= 15 is 0 Å². The van der Waals surface area contributed by atoms with Crippen molar-refractivity contribution in [1.82, 2.24) is 5.32 Å². The second-order valence-corrected chi connectivity index (χ2v) is 7.07. The number of hydrogen-bond acceptors (Lipinski definition) is 3. The van der Waals surface area contributed by atoms with Gasteiger partial charge in [0.2, 0.25) is 0 Å². The first-order valence-corrected chi connectivity index (χ1v) is 7.98. The molecule has 2 N–H and O–H groups in total. The van der Waals surface area contributed by atoms with Crippen LogP contribution in [0.4, 0.5) is 0 Å². The number of rotatable bonds is 6. The van der Waals surface area contributed by atoms with E-state index in [1.54, 1.807) is 0 Å². The summed E-state index contributed by atoms with van der Waals surface area (Å²) >= 11 is 0. The van der Waals surface area contributed by atoms with E-state index in [4.69, 9.17) is 4.74 Å². The number of ether oxygens (including phenoxy) is 1. The first kappa shape index (κ1) is 16.8. The Hall–Kier alpha value is -1.55. The van der Waals surface area contributed by atoms with Gasteiger partial charge in [-0.1, -0.05) is 19.9 Å². The van der Waals surface area contributed by atoms with Gasteiger partial charge >= 0.3 is 0 Å². The third kappa shape index (κ3) is 4.01. The summed E-state index contributed by atoms with van der Waals surface area (Å²) in [6, 6.07) is 4.13. The van der Waals surface area contributed by atoms with Gasteiger partial charge in [0.25, 0.3) is 5.91 Å². The van der Waals surface area contributed by atoms with Crippen LogP contribution in [0.15, 0.2) is 12.1 Å².